The van der Waals surface area contributed by atoms with Crippen LogP contribution in [0.4, 0.5) is 0 Å². The first kappa shape index (κ1) is 14.2. The van der Waals surface area contributed by atoms with Crippen LogP contribution in [0.3, 0.4) is 0 Å². The van der Waals surface area contributed by atoms with E-state index in [4.69, 9.17) is 0 Å². The zero-order valence-electron chi connectivity index (χ0n) is 13.3. The van der Waals surface area contributed by atoms with Gasteiger partial charge in [0, 0.05) is 12.1 Å². The molecule has 1 N–H and O–H groups in total. The van der Waals surface area contributed by atoms with Gasteiger partial charge in [-0.3, -0.25) is 0 Å². The highest BCUT2D eigenvalue weighted by Gasteiger charge is 2.53. The summed E-state index contributed by atoms with van der Waals surface area (Å²) in [5.74, 6) is 0. The van der Waals surface area contributed by atoms with Crippen LogP contribution < -0.4 is 5.32 Å². The fourth-order valence-electron chi connectivity index (χ4n) is 3.87. The summed E-state index contributed by atoms with van der Waals surface area (Å²) in [5.41, 5.74) is 3.89. The third-order valence-electron chi connectivity index (χ3n) is 4.99. The van der Waals surface area contributed by atoms with E-state index in [1.807, 2.05) is 0 Å². The molecule has 1 fully saturated rings. The maximum atomic E-state index is 3.67. The molecular weight excluding hydrogens is 278 g/mol. The van der Waals surface area contributed by atoms with E-state index in [1.54, 1.807) is 0 Å². The summed E-state index contributed by atoms with van der Waals surface area (Å²) >= 11 is 0. The molecule has 3 aromatic rings. The van der Waals surface area contributed by atoms with Gasteiger partial charge in [0.15, 0.2) is 0 Å². The molecule has 0 bridgehead atoms. The van der Waals surface area contributed by atoms with Crippen LogP contribution in [0.2, 0.25) is 0 Å². The highest BCUT2D eigenvalue weighted by atomic mass is 15.2. The van der Waals surface area contributed by atoms with Gasteiger partial charge in [0.25, 0.3) is 0 Å². The lowest BCUT2D eigenvalue weighted by atomic mass is 9.66. The van der Waals surface area contributed by atoms with Crippen LogP contribution in [-0.2, 0) is 5.41 Å². The first-order valence-corrected chi connectivity index (χ1v) is 8.26. The van der Waals surface area contributed by atoms with Crippen molar-refractivity contribution in [3.8, 4) is 0 Å². The third-order valence-corrected chi connectivity index (χ3v) is 4.99. The zero-order chi connectivity index (χ0) is 15.7. The smallest absolute Gasteiger partial charge is 0.0619 e. The molecule has 1 aliphatic rings. The minimum Gasteiger partial charge on any atom is -0.307 e. The van der Waals surface area contributed by atoms with Crippen molar-refractivity contribution in [1.29, 1.82) is 0 Å². The molecule has 0 aliphatic carbocycles. The van der Waals surface area contributed by atoms with Crippen molar-refractivity contribution in [3.05, 3.63) is 108 Å². The van der Waals surface area contributed by atoms with Gasteiger partial charge in [-0.1, -0.05) is 91.0 Å². The Bertz CT molecular complexity index is 668. The highest BCUT2D eigenvalue weighted by Crippen LogP contribution is 2.46. The first-order valence-electron chi connectivity index (χ1n) is 8.26. The molecule has 0 amide bonds. The van der Waals surface area contributed by atoms with Gasteiger partial charge < -0.3 is 5.32 Å². The Labute approximate surface area is 138 Å². The van der Waals surface area contributed by atoms with Crippen LogP contribution in [0, 0.1) is 0 Å². The Morgan fingerprint density at radius 3 is 1.17 bits per heavy atom. The summed E-state index contributed by atoms with van der Waals surface area (Å²) < 4.78 is 0. The van der Waals surface area contributed by atoms with E-state index in [0.717, 1.165) is 0 Å². The van der Waals surface area contributed by atoms with Crippen molar-refractivity contribution in [2.45, 2.75) is 24.4 Å². The van der Waals surface area contributed by atoms with Crippen LogP contribution in [0.25, 0.3) is 0 Å². The molecule has 3 aromatic carbocycles. The molecule has 0 unspecified atom stereocenters. The molecule has 1 heterocycles. The largest absolute Gasteiger partial charge is 0.307 e. The second-order valence-corrected chi connectivity index (χ2v) is 6.34. The molecule has 23 heavy (non-hydrogen) atoms. The maximum absolute atomic E-state index is 3.67. The van der Waals surface area contributed by atoms with Crippen LogP contribution >= 0.6 is 0 Å². The zero-order valence-corrected chi connectivity index (χ0v) is 13.3. The Morgan fingerprint density at radius 1 is 0.609 bits per heavy atom. The van der Waals surface area contributed by atoms with E-state index < -0.39 is 0 Å². The molecule has 0 aromatic heterocycles. The molecule has 0 spiro atoms. The average molecular weight is 299 g/mol. The SMILES string of the molecule is C[C@@H]1N[C@H]1C(c1ccccc1)(c1ccccc1)c1ccccc1. The van der Waals surface area contributed by atoms with Gasteiger partial charge in [-0.15, -0.1) is 0 Å². The van der Waals surface area contributed by atoms with Crippen LogP contribution in [-0.4, -0.2) is 12.1 Å². The molecule has 0 saturated carbocycles. The van der Waals surface area contributed by atoms with Crippen LogP contribution in [0.5, 0.6) is 0 Å². The van der Waals surface area contributed by atoms with Gasteiger partial charge in [0.05, 0.1) is 5.41 Å². The fourth-order valence-corrected chi connectivity index (χ4v) is 3.87. The van der Waals surface area contributed by atoms with E-state index >= 15 is 0 Å². The van der Waals surface area contributed by atoms with Gasteiger partial charge in [-0.25, -0.2) is 0 Å². The predicted octanol–water partition coefficient (Wildman–Crippen LogP) is 4.38. The fraction of sp³-hybridized carbons (Fsp3) is 0.182. The summed E-state index contributed by atoms with van der Waals surface area (Å²) in [6.07, 6.45) is 0. The summed E-state index contributed by atoms with van der Waals surface area (Å²) in [7, 11) is 0. The Morgan fingerprint density at radius 2 is 0.913 bits per heavy atom. The number of hydrogen-bond acceptors (Lipinski definition) is 1. The van der Waals surface area contributed by atoms with Crippen molar-refractivity contribution < 1.29 is 0 Å². The minimum absolute atomic E-state index is 0.150. The predicted molar refractivity (Wildman–Crippen MR) is 95.6 cm³/mol. The molecule has 114 valence electrons. The molecule has 1 nitrogen and oxygen atoms in total. The van der Waals surface area contributed by atoms with Crippen molar-refractivity contribution in [2.24, 2.45) is 0 Å². The summed E-state index contributed by atoms with van der Waals surface area (Å²) in [4.78, 5) is 0. The number of benzene rings is 3. The molecule has 4 rings (SSSR count). The van der Waals surface area contributed by atoms with Crippen LogP contribution in [0.1, 0.15) is 23.6 Å². The van der Waals surface area contributed by atoms with Crippen LogP contribution in [0.15, 0.2) is 91.0 Å². The van der Waals surface area contributed by atoms with Gasteiger partial charge in [-0.05, 0) is 23.6 Å². The minimum atomic E-state index is -0.150. The van der Waals surface area contributed by atoms with Gasteiger partial charge >= 0.3 is 0 Å². The standard InChI is InChI=1S/C22H21N/c1-17-21(23-17)22(18-11-5-2-6-12-18,19-13-7-3-8-14-19)20-15-9-4-10-16-20/h2-17,21,23H,1H3/t17-,21+/m0/s1. The maximum Gasteiger partial charge on any atom is 0.0619 e. The van der Waals surface area contributed by atoms with E-state index in [0.29, 0.717) is 12.1 Å². The molecule has 1 heteroatoms. The molecular formula is C22H21N. The van der Waals surface area contributed by atoms with E-state index in [2.05, 4.69) is 103 Å². The second-order valence-electron chi connectivity index (χ2n) is 6.34. The van der Waals surface area contributed by atoms with Crippen molar-refractivity contribution in [1.82, 2.24) is 5.32 Å². The Kier molecular flexibility index (Phi) is 3.51. The topological polar surface area (TPSA) is 21.9 Å². The summed E-state index contributed by atoms with van der Waals surface area (Å²) in [6, 6.07) is 33.6. The normalized spacial score (nSPS) is 20.2. The molecule has 1 saturated heterocycles. The monoisotopic (exact) mass is 299 g/mol. The Hall–Kier alpha value is -2.38. The lowest BCUT2D eigenvalue weighted by molar-refractivity contribution is 0.590. The number of hydrogen-bond donors (Lipinski definition) is 1. The molecule has 0 radical (unpaired) electrons. The van der Waals surface area contributed by atoms with Crippen molar-refractivity contribution in [2.75, 3.05) is 0 Å². The number of nitrogens with one attached hydrogen (secondary N) is 1. The van der Waals surface area contributed by atoms with E-state index in [9.17, 15) is 0 Å². The lowest BCUT2D eigenvalue weighted by Crippen LogP contribution is -2.37. The molecule has 1 aliphatic heterocycles. The average Bonchev–Trinajstić information content (AvgIpc) is 3.35. The summed E-state index contributed by atoms with van der Waals surface area (Å²) in [5, 5.41) is 3.67. The summed E-state index contributed by atoms with van der Waals surface area (Å²) in [6.45, 7) is 2.27. The molecule has 2 atom stereocenters. The van der Waals surface area contributed by atoms with Gasteiger partial charge in [0.1, 0.15) is 0 Å². The lowest BCUT2D eigenvalue weighted by Gasteiger charge is -2.36. The van der Waals surface area contributed by atoms with Gasteiger partial charge in [0.2, 0.25) is 0 Å². The van der Waals surface area contributed by atoms with E-state index in [-0.39, 0.29) is 5.41 Å². The first-order chi connectivity index (χ1) is 11.3. The highest BCUT2D eigenvalue weighted by molar-refractivity contribution is 5.54. The second kappa shape index (κ2) is 5.68. The van der Waals surface area contributed by atoms with Gasteiger partial charge in [-0.2, -0.15) is 0 Å². The van der Waals surface area contributed by atoms with Crippen molar-refractivity contribution >= 4 is 0 Å². The Balaban J connectivity index is 2.03. The van der Waals surface area contributed by atoms with Crippen molar-refractivity contribution in [3.63, 3.8) is 0 Å². The number of rotatable bonds is 4. The third kappa shape index (κ3) is 2.29. The quantitative estimate of drug-likeness (QED) is 0.560. The van der Waals surface area contributed by atoms with E-state index in [1.165, 1.54) is 16.7 Å².